The van der Waals surface area contributed by atoms with Gasteiger partial charge in [-0.25, -0.2) is 4.79 Å². The Bertz CT molecular complexity index is 455. The number of carboxylic acid groups (broad SMARTS) is 1. The van der Waals surface area contributed by atoms with E-state index < -0.39 is 17.4 Å². The number of H-pyrrole nitrogens is 1. The van der Waals surface area contributed by atoms with Gasteiger partial charge in [0.1, 0.15) is 5.54 Å². The van der Waals surface area contributed by atoms with E-state index in [1.807, 2.05) is 0 Å². The number of carbonyl (C=O) groups excluding carboxylic acids is 1. The van der Waals surface area contributed by atoms with Gasteiger partial charge < -0.3 is 15.4 Å². The number of hydrogen-bond donors (Lipinski definition) is 3. The Balaban J connectivity index is 2.84. The monoisotopic (exact) mass is 224 g/mol. The van der Waals surface area contributed by atoms with Crippen molar-refractivity contribution in [2.75, 3.05) is 0 Å². The summed E-state index contributed by atoms with van der Waals surface area (Å²) in [5.74, 6) is -1.69. The lowest BCUT2D eigenvalue weighted by Crippen LogP contribution is -2.49. The van der Waals surface area contributed by atoms with E-state index in [9.17, 15) is 14.4 Å². The zero-order chi connectivity index (χ0) is 12.3. The molecule has 1 heterocycles. The molecule has 1 aromatic heterocycles. The van der Waals surface area contributed by atoms with E-state index in [0.717, 1.165) is 0 Å². The Hall–Kier alpha value is -2.11. The normalized spacial score (nSPS) is 10.9. The maximum Gasteiger partial charge on any atom is 0.328 e. The molecule has 0 aliphatic heterocycles. The zero-order valence-electron chi connectivity index (χ0n) is 8.90. The van der Waals surface area contributed by atoms with E-state index >= 15 is 0 Å². The summed E-state index contributed by atoms with van der Waals surface area (Å²) in [6.07, 6.45) is 1.23. The molecule has 6 nitrogen and oxygen atoms in total. The van der Waals surface area contributed by atoms with Crippen LogP contribution in [0.3, 0.4) is 0 Å². The van der Waals surface area contributed by atoms with Crippen molar-refractivity contribution in [3.8, 4) is 0 Å². The average Bonchev–Trinajstić information content (AvgIpc) is 2.17. The molecule has 1 amide bonds. The van der Waals surface area contributed by atoms with Crippen molar-refractivity contribution in [3.05, 3.63) is 34.2 Å². The molecule has 0 aromatic carbocycles. The van der Waals surface area contributed by atoms with Crippen molar-refractivity contribution in [2.24, 2.45) is 0 Å². The molecule has 6 heteroatoms. The summed E-state index contributed by atoms with van der Waals surface area (Å²) in [7, 11) is 0. The first-order chi connectivity index (χ1) is 7.33. The molecule has 0 aliphatic rings. The molecular weight excluding hydrogens is 212 g/mol. The number of pyridine rings is 1. The molecular formula is C10H12N2O4. The van der Waals surface area contributed by atoms with Gasteiger partial charge in [-0.1, -0.05) is 0 Å². The van der Waals surface area contributed by atoms with Crippen LogP contribution in [0.15, 0.2) is 23.1 Å². The number of rotatable bonds is 3. The lowest BCUT2D eigenvalue weighted by Gasteiger charge is -2.20. The van der Waals surface area contributed by atoms with Gasteiger partial charge in [0.2, 0.25) is 5.56 Å². The van der Waals surface area contributed by atoms with E-state index in [1.165, 1.54) is 32.2 Å². The van der Waals surface area contributed by atoms with Crippen LogP contribution >= 0.6 is 0 Å². The van der Waals surface area contributed by atoms with Crippen LogP contribution in [0.2, 0.25) is 0 Å². The third-order valence-corrected chi connectivity index (χ3v) is 2.01. The van der Waals surface area contributed by atoms with E-state index in [1.54, 1.807) is 0 Å². The SMILES string of the molecule is CC(C)(NC(=O)c1ccc(=O)[nH]c1)C(=O)O. The van der Waals surface area contributed by atoms with Gasteiger partial charge in [-0.2, -0.15) is 0 Å². The summed E-state index contributed by atoms with van der Waals surface area (Å²) in [6, 6.07) is 2.52. The Morgan fingerprint density at radius 3 is 2.44 bits per heavy atom. The second-order valence-electron chi connectivity index (χ2n) is 3.83. The van der Waals surface area contributed by atoms with Gasteiger partial charge in [0.05, 0.1) is 5.56 Å². The van der Waals surface area contributed by atoms with Gasteiger partial charge in [-0.3, -0.25) is 9.59 Å². The lowest BCUT2D eigenvalue weighted by atomic mass is 10.1. The number of hydrogen-bond acceptors (Lipinski definition) is 3. The molecule has 86 valence electrons. The molecule has 1 aromatic rings. The van der Waals surface area contributed by atoms with Crippen LogP contribution in [0.4, 0.5) is 0 Å². The molecule has 0 aliphatic carbocycles. The van der Waals surface area contributed by atoms with Crippen molar-refractivity contribution < 1.29 is 14.7 Å². The molecule has 0 spiro atoms. The number of nitrogens with one attached hydrogen (secondary N) is 2. The van der Waals surface area contributed by atoms with Gasteiger partial charge in [0.25, 0.3) is 5.91 Å². The minimum absolute atomic E-state index is 0.203. The number of amides is 1. The zero-order valence-corrected chi connectivity index (χ0v) is 8.90. The van der Waals surface area contributed by atoms with Gasteiger partial charge in [0, 0.05) is 12.3 Å². The summed E-state index contributed by atoms with van der Waals surface area (Å²) in [6.45, 7) is 2.75. The maximum absolute atomic E-state index is 11.6. The minimum Gasteiger partial charge on any atom is -0.480 e. The van der Waals surface area contributed by atoms with Crippen molar-refractivity contribution in [1.29, 1.82) is 0 Å². The molecule has 0 saturated carbocycles. The number of aromatic amines is 1. The van der Waals surface area contributed by atoms with E-state index in [0.29, 0.717) is 0 Å². The highest BCUT2D eigenvalue weighted by Crippen LogP contribution is 2.04. The van der Waals surface area contributed by atoms with Crippen molar-refractivity contribution in [1.82, 2.24) is 10.3 Å². The van der Waals surface area contributed by atoms with Crippen LogP contribution in [0.1, 0.15) is 24.2 Å². The van der Waals surface area contributed by atoms with Crippen LogP contribution in [-0.2, 0) is 4.79 Å². The van der Waals surface area contributed by atoms with Crippen LogP contribution in [0.25, 0.3) is 0 Å². The number of aromatic nitrogens is 1. The van der Waals surface area contributed by atoms with Gasteiger partial charge in [-0.15, -0.1) is 0 Å². The summed E-state index contributed by atoms with van der Waals surface area (Å²) >= 11 is 0. The van der Waals surface area contributed by atoms with Crippen molar-refractivity contribution in [3.63, 3.8) is 0 Å². The van der Waals surface area contributed by atoms with Crippen molar-refractivity contribution in [2.45, 2.75) is 19.4 Å². The first-order valence-electron chi connectivity index (χ1n) is 4.57. The van der Waals surface area contributed by atoms with Crippen LogP contribution < -0.4 is 10.9 Å². The number of carbonyl (C=O) groups is 2. The standard InChI is InChI=1S/C10H12N2O4/c1-10(2,9(15)16)12-8(14)6-3-4-7(13)11-5-6/h3-5H,1-2H3,(H,11,13)(H,12,14)(H,15,16). The number of carboxylic acids is 1. The third kappa shape index (κ3) is 2.69. The Morgan fingerprint density at radius 2 is 2.00 bits per heavy atom. The molecule has 0 fully saturated rings. The van der Waals surface area contributed by atoms with E-state index in [2.05, 4.69) is 10.3 Å². The molecule has 0 radical (unpaired) electrons. The van der Waals surface area contributed by atoms with Crippen LogP contribution in [0.5, 0.6) is 0 Å². The summed E-state index contributed by atoms with van der Waals surface area (Å²) in [4.78, 5) is 35.4. The third-order valence-electron chi connectivity index (χ3n) is 2.01. The largest absolute Gasteiger partial charge is 0.480 e. The van der Waals surface area contributed by atoms with Crippen LogP contribution in [-0.4, -0.2) is 27.5 Å². The first-order valence-corrected chi connectivity index (χ1v) is 4.57. The van der Waals surface area contributed by atoms with E-state index in [-0.39, 0.29) is 11.1 Å². The summed E-state index contributed by atoms with van der Waals surface area (Å²) in [5, 5.41) is 11.1. The highest BCUT2D eigenvalue weighted by Gasteiger charge is 2.29. The van der Waals surface area contributed by atoms with Gasteiger partial charge in [0.15, 0.2) is 0 Å². The highest BCUT2D eigenvalue weighted by atomic mass is 16.4. The highest BCUT2D eigenvalue weighted by molar-refractivity contribution is 5.97. The average molecular weight is 224 g/mol. The van der Waals surface area contributed by atoms with Crippen LogP contribution in [0, 0.1) is 0 Å². The summed E-state index contributed by atoms with van der Waals surface area (Å²) in [5.41, 5.74) is -1.48. The van der Waals surface area contributed by atoms with Crippen molar-refractivity contribution >= 4 is 11.9 Å². The fourth-order valence-electron chi connectivity index (χ4n) is 0.961. The predicted molar refractivity (Wildman–Crippen MR) is 56.2 cm³/mol. The van der Waals surface area contributed by atoms with Gasteiger partial charge >= 0.3 is 5.97 Å². The molecule has 0 bridgehead atoms. The molecule has 0 atom stereocenters. The Morgan fingerprint density at radius 1 is 1.38 bits per heavy atom. The minimum atomic E-state index is -1.35. The molecule has 0 unspecified atom stereocenters. The molecule has 1 rings (SSSR count). The topological polar surface area (TPSA) is 99.3 Å². The Labute approximate surface area is 91.3 Å². The number of aliphatic carboxylic acids is 1. The molecule has 16 heavy (non-hydrogen) atoms. The lowest BCUT2D eigenvalue weighted by molar-refractivity contribution is -0.143. The summed E-state index contributed by atoms with van der Waals surface area (Å²) < 4.78 is 0. The second kappa shape index (κ2) is 4.18. The maximum atomic E-state index is 11.6. The van der Waals surface area contributed by atoms with Gasteiger partial charge in [-0.05, 0) is 19.9 Å². The quantitative estimate of drug-likeness (QED) is 0.671. The smallest absolute Gasteiger partial charge is 0.328 e. The Kier molecular flexibility index (Phi) is 3.12. The fourth-order valence-corrected chi connectivity index (χ4v) is 0.961. The second-order valence-corrected chi connectivity index (χ2v) is 3.83. The van der Waals surface area contributed by atoms with E-state index in [4.69, 9.17) is 5.11 Å². The fraction of sp³-hybridized carbons (Fsp3) is 0.300. The molecule has 3 N–H and O–H groups in total. The molecule has 0 saturated heterocycles. The predicted octanol–water partition coefficient (Wildman–Crippen LogP) is -0.0321. The first kappa shape index (κ1) is 12.0.